The lowest BCUT2D eigenvalue weighted by Gasteiger charge is -2.18. The summed E-state index contributed by atoms with van der Waals surface area (Å²) in [6.07, 6.45) is 7.30. The fourth-order valence-electron chi connectivity index (χ4n) is 1.81. The van der Waals surface area contributed by atoms with Crippen molar-refractivity contribution < 1.29 is 9.21 Å². The van der Waals surface area contributed by atoms with Crippen LogP contribution in [-0.2, 0) is 4.79 Å². The minimum Gasteiger partial charge on any atom is -0.472 e. The molecule has 64 valence electrons. The highest BCUT2D eigenvalue weighted by atomic mass is 16.3. The lowest BCUT2D eigenvalue weighted by atomic mass is 9.84. The summed E-state index contributed by atoms with van der Waals surface area (Å²) in [5.41, 5.74) is 1.06. The first kappa shape index (κ1) is 7.59. The Bertz CT molecular complexity index is 261. The maximum atomic E-state index is 11.5. The van der Waals surface area contributed by atoms with E-state index in [2.05, 4.69) is 0 Å². The molecule has 0 aliphatic heterocycles. The van der Waals surface area contributed by atoms with Crippen LogP contribution in [0.4, 0.5) is 0 Å². The lowest BCUT2D eigenvalue weighted by molar-refractivity contribution is -0.121. The molecule has 0 unspecified atom stereocenters. The van der Waals surface area contributed by atoms with Crippen LogP contribution in [-0.4, -0.2) is 5.78 Å². The number of carbonyl (C=O) groups is 1. The van der Waals surface area contributed by atoms with Gasteiger partial charge in [-0.1, -0.05) is 6.42 Å². The van der Waals surface area contributed by atoms with Crippen molar-refractivity contribution >= 4 is 5.78 Å². The van der Waals surface area contributed by atoms with Crippen LogP contribution in [0, 0.1) is 0 Å². The molecule has 2 nitrogen and oxygen atoms in total. The van der Waals surface area contributed by atoms with Gasteiger partial charge in [-0.25, -0.2) is 0 Å². The summed E-state index contributed by atoms with van der Waals surface area (Å²) >= 11 is 0. The number of furan rings is 1. The van der Waals surface area contributed by atoms with Crippen molar-refractivity contribution in [2.24, 2.45) is 0 Å². The summed E-state index contributed by atoms with van der Waals surface area (Å²) in [7, 11) is 0. The zero-order valence-electron chi connectivity index (χ0n) is 6.95. The molecule has 0 amide bonds. The van der Waals surface area contributed by atoms with Crippen LogP contribution >= 0.6 is 0 Å². The van der Waals surface area contributed by atoms with E-state index < -0.39 is 0 Å². The Hall–Kier alpha value is -1.05. The molecule has 1 aliphatic carbocycles. The molecule has 12 heavy (non-hydrogen) atoms. The molecule has 1 atom stereocenters. The molecule has 1 aromatic heterocycles. The van der Waals surface area contributed by atoms with Crippen LogP contribution < -0.4 is 0 Å². The van der Waals surface area contributed by atoms with Crippen LogP contribution in [0.1, 0.15) is 37.2 Å². The van der Waals surface area contributed by atoms with E-state index in [4.69, 9.17) is 4.42 Å². The van der Waals surface area contributed by atoms with Gasteiger partial charge in [-0.15, -0.1) is 0 Å². The summed E-state index contributed by atoms with van der Waals surface area (Å²) in [6.45, 7) is 0. The van der Waals surface area contributed by atoms with Crippen LogP contribution in [0.5, 0.6) is 0 Å². The predicted octanol–water partition coefficient (Wildman–Crippen LogP) is 2.51. The number of carbonyl (C=O) groups excluding carboxylic acids is 1. The van der Waals surface area contributed by atoms with E-state index in [-0.39, 0.29) is 5.92 Å². The second-order valence-corrected chi connectivity index (χ2v) is 3.32. The second kappa shape index (κ2) is 3.13. The summed E-state index contributed by atoms with van der Waals surface area (Å²) in [5, 5.41) is 0. The molecule has 0 saturated heterocycles. The first-order valence-electron chi connectivity index (χ1n) is 4.43. The van der Waals surface area contributed by atoms with E-state index in [0.717, 1.165) is 24.8 Å². The van der Waals surface area contributed by atoms with Crippen molar-refractivity contribution in [2.45, 2.75) is 31.6 Å². The van der Waals surface area contributed by atoms with Gasteiger partial charge in [-0.05, 0) is 18.9 Å². The highest BCUT2D eigenvalue weighted by molar-refractivity contribution is 5.86. The molecule has 2 heteroatoms. The number of hydrogen-bond donors (Lipinski definition) is 0. The number of rotatable bonds is 1. The Balaban J connectivity index is 2.17. The largest absolute Gasteiger partial charge is 0.472 e. The smallest absolute Gasteiger partial charge is 0.140 e. The van der Waals surface area contributed by atoms with Gasteiger partial charge in [0.25, 0.3) is 0 Å². The molecule has 1 saturated carbocycles. The Morgan fingerprint density at radius 2 is 2.33 bits per heavy atom. The first-order chi connectivity index (χ1) is 5.88. The van der Waals surface area contributed by atoms with E-state index in [1.54, 1.807) is 12.5 Å². The summed E-state index contributed by atoms with van der Waals surface area (Å²) in [5.74, 6) is 0.500. The van der Waals surface area contributed by atoms with Crippen LogP contribution in [0.15, 0.2) is 23.0 Å². The van der Waals surface area contributed by atoms with Crippen LogP contribution in [0.2, 0.25) is 0 Å². The number of ketones is 1. The van der Waals surface area contributed by atoms with Crippen molar-refractivity contribution in [3.05, 3.63) is 24.2 Å². The Morgan fingerprint density at radius 1 is 1.42 bits per heavy atom. The molecule has 0 spiro atoms. The Labute approximate surface area is 71.6 Å². The predicted molar refractivity (Wildman–Crippen MR) is 44.9 cm³/mol. The standard InChI is InChI=1S/C10H12O2/c11-10-4-2-1-3-9(10)8-5-6-12-7-8/h5-7,9H,1-4H2/t9-/m1/s1. The molecule has 1 heterocycles. The van der Waals surface area contributed by atoms with Gasteiger partial charge in [-0.3, -0.25) is 4.79 Å². The van der Waals surface area contributed by atoms with E-state index in [0.29, 0.717) is 5.78 Å². The average molecular weight is 164 g/mol. The fraction of sp³-hybridized carbons (Fsp3) is 0.500. The van der Waals surface area contributed by atoms with Gasteiger partial charge in [0.1, 0.15) is 5.78 Å². The molecular formula is C10H12O2. The maximum absolute atomic E-state index is 11.5. The lowest BCUT2D eigenvalue weighted by Crippen LogP contribution is -2.16. The van der Waals surface area contributed by atoms with Gasteiger partial charge in [0.05, 0.1) is 12.5 Å². The molecule has 2 rings (SSSR count). The minimum atomic E-state index is 0.123. The van der Waals surface area contributed by atoms with Crippen molar-refractivity contribution in [1.29, 1.82) is 0 Å². The second-order valence-electron chi connectivity index (χ2n) is 3.32. The maximum Gasteiger partial charge on any atom is 0.140 e. The monoisotopic (exact) mass is 164 g/mol. The molecule has 1 aromatic rings. The van der Waals surface area contributed by atoms with Gasteiger partial charge in [0, 0.05) is 17.9 Å². The normalized spacial score (nSPS) is 24.3. The van der Waals surface area contributed by atoms with Crippen molar-refractivity contribution in [3.8, 4) is 0 Å². The van der Waals surface area contributed by atoms with E-state index in [1.807, 2.05) is 6.07 Å². The van der Waals surface area contributed by atoms with Crippen molar-refractivity contribution in [2.75, 3.05) is 0 Å². The third-order valence-electron chi connectivity index (χ3n) is 2.50. The summed E-state index contributed by atoms with van der Waals surface area (Å²) in [4.78, 5) is 11.5. The SMILES string of the molecule is O=C1CCCC[C@@H]1c1ccoc1. The zero-order valence-corrected chi connectivity index (χ0v) is 6.95. The van der Waals surface area contributed by atoms with Gasteiger partial charge in [0.15, 0.2) is 0 Å². The minimum absolute atomic E-state index is 0.123. The molecule has 1 fully saturated rings. The summed E-state index contributed by atoms with van der Waals surface area (Å²) in [6, 6.07) is 1.90. The Morgan fingerprint density at radius 3 is 3.00 bits per heavy atom. The molecule has 0 radical (unpaired) electrons. The van der Waals surface area contributed by atoms with Gasteiger partial charge in [0.2, 0.25) is 0 Å². The van der Waals surface area contributed by atoms with Crippen LogP contribution in [0.3, 0.4) is 0 Å². The van der Waals surface area contributed by atoms with Gasteiger partial charge in [-0.2, -0.15) is 0 Å². The van der Waals surface area contributed by atoms with Crippen LogP contribution in [0.25, 0.3) is 0 Å². The molecule has 1 aliphatic rings. The topological polar surface area (TPSA) is 30.2 Å². The number of hydrogen-bond acceptors (Lipinski definition) is 2. The first-order valence-corrected chi connectivity index (χ1v) is 4.43. The van der Waals surface area contributed by atoms with E-state index >= 15 is 0 Å². The Kier molecular flexibility index (Phi) is 1.98. The average Bonchev–Trinajstić information content (AvgIpc) is 2.57. The van der Waals surface area contributed by atoms with E-state index in [9.17, 15) is 4.79 Å². The highest BCUT2D eigenvalue weighted by Gasteiger charge is 2.24. The summed E-state index contributed by atoms with van der Waals surface area (Å²) < 4.78 is 4.96. The highest BCUT2D eigenvalue weighted by Crippen LogP contribution is 2.29. The molecule has 0 bridgehead atoms. The van der Waals surface area contributed by atoms with Gasteiger partial charge < -0.3 is 4.42 Å². The molecule has 0 N–H and O–H groups in total. The van der Waals surface area contributed by atoms with Crippen molar-refractivity contribution in [3.63, 3.8) is 0 Å². The van der Waals surface area contributed by atoms with Crippen molar-refractivity contribution in [1.82, 2.24) is 0 Å². The molecular weight excluding hydrogens is 152 g/mol. The zero-order chi connectivity index (χ0) is 8.39. The third kappa shape index (κ3) is 1.29. The quantitative estimate of drug-likeness (QED) is 0.638. The van der Waals surface area contributed by atoms with Gasteiger partial charge >= 0.3 is 0 Å². The number of Topliss-reactive ketones (excluding diaryl/α,β-unsaturated/α-hetero) is 1. The third-order valence-corrected chi connectivity index (χ3v) is 2.50. The molecule has 0 aromatic carbocycles. The van der Waals surface area contributed by atoms with E-state index in [1.165, 1.54) is 6.42 Å². The fourth-order valence-corrected chi connectivity index (χ4v) is 1.81.